The molecule has 0 aliphatic rings. The first-order valence-corrected chi connectivity index (χ1v) is 8.82. The number of benzene rings is 2. The lowest BCUT2D eigenvalue weighted by atomic mass is 10.0. The molecule has 124 valence electrons. The summed E-state index contributed by atoms with van der Waals surface area (Å²) in [6.07, 6.45) is 0. The highest BCUT2D eigenvalue weighted by molar-refractivity contribution is 7.13. The van der Waals surface area contributed by atoms with Gasteiger partial charge in [0.05, 0.1) is 24.2 Å². The number of nitrogens with zero attached hydrogens (tertiary/aromatic N) is 2. The molecule has 0 saturated heterocycles. The number of aromatic nitrogens is 2. The van der Waals surface area contributed by atoms with E-state index in [-0.39, 0.29) is 18.7 Å². The van der Waals surface area contributed by atoms with Crippen LogP contribution < -0.4 is 5.56 Å². The molecule has 4 nitrogen and oxygen atoms in total. The molecule has 4 rings (SSSR count). The van der Waals surface area contributed by atoms with E-state index in [2.05, 4.69) is 0 Å². The van der Waals surface area contributed by atoms with E-state index in [1.54, 1.807) is 3.96 Å². The SMILES string of the molecule is O=c1c2c(-c3ccccc3)cc(-c3ccccc3)nc2sn1CCO. The van der Waals surface area contributed by atoms with Crippen molar-refractivity contribution in [2.24, 2.45) is 0 Å². The molecule has 2 aromatic heterocycles. The number of aliphatic hydroxyl groups excluding tert-OH is 1. The van der Waals surface area contributed by atoms with Crippen molar-refractivity contribution in [1.29, 1.82) is 0 Å². The van der Waals surface area contributed by atoms with Crippen molar-refractivity contribution in [3.63, 3.8) is 0 Å². The average molecular weight is 348 g/mol. The van der Waals surface area contributed by atoms with E-state index >= 15 is 0 Å². The predicted octanol–water partition coefficient (Wildman–Crippen LogP) is 3.78. The summed E-state index contributed by atoms with van der Waals surface area (Å²) in [5.74, 6) is 0. The molecule has 0 spiro atoms. The Bertz CT molecular complexity index is 1070. The molecule has 5 heteroatoms. The molecular formula is C20H16N2O2S. The average Bonchev–Trinajstić information content (AvgIpc) is 2.98. The third kappa shape index (κ3) is 2.88. The lowest BCUT2D eigenvalue weighted by Gasteiger charge is -2.06. The van der Waals surface area contributed by atoms with Crippen molar-refractivity contribution in [2.45, 2.75) is 6.54 Å². The monoisotopic (exact) mass is 348 g/mol. The summed E-state index contributed by atoms with van der Waals surface area (Å²) in [6.45, 7) is 0.216. The Hall–Kier alpha value is -2.76. The molecule has 0 radical (unpaired) electrons. The molecule has 2 aromatic carbocycles. The molecule has 0 amide bonds. The van der Waals surface area contributed by atoms with E-state index in [1.807, 2.05) is 66.7 Å². The topological polar surface area (TPSA) is 55.1 Å². The molecule has 0 bridgehead atoms. The van der Waals surface area contributed by atoms with E-state index in [4.69, 9.17) is 4.98 Å². The van der Waals surface area contributed by atoms with Gasteiger partial charge in [-0.15, -0.1) is 0 Å². The van der Waals surface area contributed by atoms with Gasteiger partial charge in [-0.25, -0.2) is 4.98 Å². The third-order valence-electron chi connectivity index (χ3n) is 4.08. The Kier molecular flexibility index (Phi) is 4.17. The van der Waals surface area contributed by atoms with Crippen LogP contribution in [0.3, 0.4) is 0 Å². The maximum Gasteiger partial charge on any atom is 0.270 e. The van der Waals surface area contributed by atoms with E-state index in [0.717, 1.165) is 22.4 Å². The van der Waals surface area contributed by atoms with Crippen LogP contribution in [0.5, 0.6) is 0 Å². The van der Waals surface area contributed by atoms with Crippen molar-refractivity contribution < 1.29 is 5.11 Å². The van der Waals surface area contributed by atoms with Crippen molar-refractivity contribution in [1.82, 2.24) is 8.94 Å². The molecule has 0 aliphatic heterocycles. The van der Waals surface area contributed by atoms with Gasteiger partial charge in [0.15, 0.2) is 0 Å². The summed E-state index contributed by atoms with van der Waals surface area (Å²) in [5, 5.41) is 9.83. The molecular weight excluding hydrogens is 332 g/mol. The third-order valence-corrected chi connectivity index (χ3v) is 5.12. The molecule has 0 aliphatic carbocycles. The van der Waals surface area contributed by atoms with Gasteiger partial charge in [0.1, 0.15) is 4.83 Å². The summed E-state index contributed by atoms with van der Waals surface area (Å²) in [7, 11) is 0. The summed E-state index contributed by atoms with van der Waals surface area (Å²) < 4.78 is 1.57. The fourth-order valence-electron chi connectivity index (χ4n) is 2.91. The minimum atomic E-state index is -0.0972. The standard InChI is InChI=1S/C20H16N2O2S/c23-12-11-22-20(24)18-16(14-7-3-1-4-8-14)13-17(21-19(18)25-22)15-9-5-2-6-10-15/h1-10,13,23H,11-12H2. The van der Waals surface area contributed by atoms with Gasteiger partial charge in [0, 0.05) is 5.56 Å². The number of hydrogen-bond donors (Lipinski definition) is 1. The van der Waals surface area contributed by atoms with Crippen molar-refractivity contribution in [3.05, 3.63) is 77.1 Å². The zero-order valence-corrected chi connectivity index (χ0v) is 14.2. The second kappa shape index (κ2) is 6.63. The first-order valence-electron chi connectivity index (χ1n) is 8.04. The number of aliphatic hydroxyl groups is 1. The first kappa shape index (κ1) is 15.7. The van der Waals surface area contributed by atoms with E-state index in [9.17, 15) is 9.90 Å². The van der Waals surface area contributed by atoms with Crippen LogP contribution in [0.15, 0.2) is 71.5 Å². The Morgan fingerprint density at radius 2 is 1.60 bits per heavy atom. The zero-order valence-electron chi connectivity index (χ0n) is 13.4. The Labute approximate surface area is 148 Å². The Morgan fingerprint density at radius 3 is 2.24 bits per heavy atom. The van der Waals surface area contributed by atoms with Crippen LogP contribution in [0.2, 0.25) is 0 Å². The highest BCUT2D eigenvalue weighted by Crippen LogP contribution is 2.32. The summed E-state index contributed by atoms with van der Waals surface area (Å²) in [6, 6.07) is 21.8. The van der Waals surface area contributed by atoms with Gasteiger partial charge in [-0.1, -0.05) is 60.7 Å². The van der Waals surface area contributed by atoms with Gasteiger partial charge in [0.2, 0.25) is 0 Å². The lowest BCUT2D eigenvalue weighted by Crippen LogP contribution is -2.15. The van der Waals surface area contributed by atoms with Crippen LogP contribution in [-0.4, -0.2) is 20.7 Å². The molecule has 25 heavy (non-hydrogen) atoms. The minimum absolute atomic E-state index is 0.0705. The highest BCUT2D eigenvalue weighted by atomic mass is 32.1. The summed E-state index contributed by atoms with van der Waals surface area (Å²) >= 11 is 1.30. The van der Waals surface area contributed by atoms with Gasteiger partial charge < -0.3 is 5.11 Å². The molecule has 1 N–H and O–H groups in total. The van der Waals surface area contributed by atoms with E-state index in [1.165, 1.54) is 11.5 Å². The highest BCUT2D eigenvalue weighted by Gasteiger charge is 2.16. The van der Waals surface area contributed by atoms with Gasteiger partial charge in [-0.2, -0.15) is 0 Å². The lowest BCUT2D eigenvalue weighted by molar-refractivity contribution is 0.279. The maximum absolute atomic E-state index is 12.8. The predicted molar refractivity (Wildman–Crippen MR) is 102 cm³/mol. The van der Waals surface area contributed by atoms with Crippen LogP contribution >= 0.6 is 11.5 Å². The maximum atomic E-state index is 12.8. The van der Waals surface area contributed by atoms with Crippen molar-refractivity contribution in [2.75, 3.05) is 6.61 Å². The number of fused-ring (bicyclic) bond motifs is 1. The van der Waals surface area contributed by atoms with Gasteiger partial charge >= 0.3 is 0 Å². The van der Waals surface area contributed by atoms with Crippen LogP contribution in [0.1, 0.15) is 0 Å². The minimum Gasteiger partial charge on any atom is -0.394 e. The molecule has 4 aromatic rings. The van der Waals surface area contributed by atoms with Crippen LogP contribution in [0.25, 0.3) is 32.6 Å². The second-order valence-corrected chi connectivity index (χ2v) is 6.70. The van der Waals surface area contributed by atoms with Crippen LogP contribution in [0, 0.1) is 0 Å². The Morgan fingerprint density at radius 1 is 0.960 bits per heavy atom. The largest absolute Gasteiger partial charge is 0.394 e. The number of rotatable bonds is 4. The molecule has 0 fully saturated rings. The van der Waals surface area contributed by atoms with Crippen molar-refractivity contribution in [3.8, 4) is 22.4 Å². The fraction of sp³-hybridized carbons (Fsp3) is 0.100. The van der Waals surface area contributed by atoms with E-state index in [0.29, 0.717) is 10.2 Å². The Balaban J connectivity index is 2.04. The molecule has 2 heterocycles. The molecule has 0 atom stereocenters. The first-order chi connectivity index (χ1) is 12.3. The smallest absolute Gasteiger partial charge is 0.270 e. The summed E-state index contributed by atoms with van der Waals surface area (Å²) in [4.78, 5) is 18.2. The number of pyridine rings is 1. The van der Waals surface area contributed by atoms with Gasteiger partial charge in [-0.05, 0) is 28.7 Å². The number of hydrogen-bond acceptors (Lipinski definition) is 4. The zero-order chi connectivity index (χ0) is 17.2. The van der Waals surface area contributed by atoms with Crippen LogP contribution in [0.4, 0.5) is 0 Å². The second-order valence-electron chi connectivity index (χ2n) is 5.69. The molecule has 0 unspecified atom stereocenters. The van der Waals surface area contributed by atoms with Gasteiger partial charge in [-0.3, -0.25) is 8.75 Å². The molecule has 0 saturated carbocycles. The van der Waals surface area contributed by atoms with E-state index < -0.39 is 0 Å². The normalized spacial score (nSPS) is 11.1. The fourth-order valence-corrected chi connectivity index (χ4v) is 3.89. The van der Waals surface area contributed by atoms with Crippen LogP contribution in [-0.2, 0) is 6.54 Å². The van der Waals surface area contributed by atoms with Crippen molar-refractivity contribution >= 4 is 21.7 Å². The summed E-state index contributed by atoms with van der Waals surface area (Å²) in [5.41, 5.74) is 3.61. The van der Waals surface area contributed by atoms with Gasteiger partial charge in [0.25, 0.3) is 5.56 Å². The quantitative estimate of drug-likeness (QED) is 0.610.